The lowest BCUT2D eigenvalue weighted by molar-refractivity contribution is 0.507. The van der Waals surface area contributed by atoms with Gasteiger partial charge < -0.3 is 5.32 Å². The number of aromatic nitrogens is 2. The van der Waals surface area contributed by atoms with Gasteiger partial charge in [0.2, 0.25) is 0 Å². The van der Waals surface area contributed by atoms with Gasteiger partial charge in [0.15, 0.2) is 11.6 Å². The summed E-state index contributed by atoms with van der Waals surface area (Å²) in [4.78, 5) is 0. The zero-order chi connectivity index (χ0) is 13.8. The summed E-state index contributed by atoms with van der Waals surface area (Å²) in [6, 6.07) is 4.28. The molecule has 19 heavy (non-hydrogen) atoms. The molecule has 102 valence electrons. The highest BCUT2D eigenvalue weighted by atomic mass is 32.1. The highest BCUT2D eigenvalue weighted by molar-refractivity contribution is 7.11. The second-order valence-electron chi connectivity index (χ2n) is 4.55. The molecular formula is C13H15F2N3S. The summed E-state index contributed by atoms with van der Waals surface area (Å²) >= 11 is 1.48. The second kappa shape index (κ2) is 6.16. The fourth-order valence-corrected chi connectivity index (χ4v) is 2.38. The molecule has 0 atom stereocenters. The van der Waals surface area contributed by atoms with Crippen LogP contribution in [0.4, 0.5) is 8.78 Å². The van der Waals surface area contributed by atoms with Crippen LogP contribution in [-0.2, 0) is 13.0 Å². The van der Waals surface area contributed by atoms with Crippen molar-refractivity contribution in [1.82, 2.24) is 15.5 Å². The molecule has 1 heterocycles. The van der Waals surface area contributed by atoms with Gasteiger partial charge in [-0.25, -0.2) is 8.78 Å². The van der Waals surface area contributed by atoms with Gasteiger partial charge >= 0.3 is 0 Å². The smallest absolute Gasteiger partial charge is 0.159 e. The molecule has 0 saturated heterocycles. The van der Waals surface area contributed by atoms with Crippen LogP contribution < -0.4 is 5.32 Å². The van der Waals surface area contributed by atoms with Crippen molar-refractivity contribution in [3.05, 3.63) is 45.4 Å². The first-order chi connectivity index (χ1) is 9.04. The normalized spacial score (nSPS) is 11.2. The van der Waals surface area contributed by atoms with E-state index >= 15 is 0 Å². The molecule has 6 heteroatoms. The molecule has 0 spiro atoms. The fourth-order valence-electron chi connectivity index (χ4n) is 1.55. The van der Waals surface area contributed by atoms with E-state index in [-0.39, 0.29) is 0 Å². The lowest BCUT2D eigenvalue weighted by Crippen LogP contribution is -2.21. The highest BCUT2D eigenvalue weighted by Gasteiger charge is 2.08. The summed E-state index contributed by atoms with van der Waals surface area (Å²) in [5.41, 5.74) is 0.693. The van der Waals surface area contributed by atoms with Crippen LogP contribution >= 0.6 is 11.3 Å². The maximum atomic E-state index is 13.1. The van der Waals surface area contributed by atoms with Crippen LogP contribution in [0.1, 0.15) is 29.4 Å². The zero-order valence-electron chi connectivity index (χ0n) is 10.8. The van der Waals surface area contributed by atoms with Crippen LogP contribution in [0.2, 0.25) is 0 Å². The predicted molar refractivity (Wildman–Crippen MR) is 71.0 cm³/mol. The van der Waals surface area contributed by atoms with E-state index in [4.69, 9.17) is 0 Å². The Balaban J connectivity index is 2.01. The Bertz CT molecular complexity index is 555. The molecule has 3 nitrogen and oxygen atoms in total. The van der Waals surface area contributed by atoms with E-state index in [2.05, 4.69) is 29.4 Å². The summed E-state index contributed by atoms with van der Waals surface area (Å²) < 4.78 is 25.9. The van der Waals surface area contributed by atoms with Crippen LogP contribution in [0.15, 0.2) is 18.2 Å². The van der Waals surface area contributed by atoms with E-state index in [1.54, 1.807) is 6.07 Å². The molecule has 0 aliphatic heterocycles. The second-order valence-corrected chi connectivity index (χ2v) is 5.70. The van der Waals surface area contributed by atoms with Crippen LogP contribution in [0.3, 0.4) is 0 Å². The average Bonchev–Trinajstić information content (AvgIpc) is 2.79. The Morgan fingerprint density at radius 1 is 1.16 bits per heavy atom. The van der Waals surface area contributed by atoms with Crippen LogP contribution in [0.5, 0.6) is 0 Å². The first-order valence-electron chi connectivity index (χ1n) is 6.03. The van der Waals surface area contributed by atoms with E-state index in [0.29, 0.717) is 24.6 Å². The van der Waals surface area contributed by atoms with Crippen molar-refractivity contribution in [1.29, 1.82) is 0 Å². The molecule has 1 aromatic heterocycles. The molecule has 0 amide bonds. The molecule has 0 unspecified atom stereocenters. The maximum absolute atomic E-state index is 13.1. The number of benzene rings is 1. The van der Waals surface area contributed by atoms with E-state index in [0.717, 1.165) is 16.1 Å². The third-order valence-corrected chi connectivity index (χ3v) is 3.43. The number of nitrogens with zero attached hydrogens (tertiary/aromatic N) is 2. The number of rotatable bonds is 5. The molecule has 0 bridgehead atoms. The van der Waals surface area contributed by atoms with Gasteiger partial charge in [0.05, 0.1) is 0 Å². The largest absolute Gasteiger partial charge is 0.308 e. The first kappa shape index (κ1) is 14.0. The average molecular weight is 283 g/mol. The number of halogens is 2. The lowest BCUT2D eigenvalue weighted by Gasteiger charge is -2.03. The van der Waals surface area contributed by atoms with Crippen molar-refractivity contribution >= 4 is 11.3 Å². The lowest BCUT2D eigenvalue weighted by atomic mass is 10.1. The molecule has 0 aliphatic rings. The first-order valence-corrected chi connectivity index (χ1v) is 6.85. The molecular weight excluding hydrogens is 268 g/mol. The van der Waals surface area contributed by atoms with E-state index in [1.165, 1.54) is 17.4 Å². The molecule has 2 aromatic rings. The van der Waals surface area contributed by atoms with Crippen LogP contribution in [0, 0.1) is 11.6 Å². The minimum atomic E-state index is -0.831. The van der Waals surface area contributed by atoms with Gasteiger partial charge in [0, 0.05) is 19.0 Å². The van der Waals surface area contributed by atoms with Gasteiger partial charge in [0.25, 0.3) is 0 Å². The van der Waals surface area contributed by atoms with Crippen molar-refractivity contribution in [2.75, 3.05) is 0 Å². The number of nitrogens with one attached hydrogen (secondary N) is 1. The number of hydrogen-bond acceptors (Lipinski definition) is 4. The molecule has 2 rings (SSSR count). The Hall–Kier alpha value is -1.40. The van der Waals surface area contributed by atoms with Gasteiger partial charge in [-0.05, 0) is 17.7 Å². The van der Waals surface area contributed by atoms with E-state index < -0.39 is 11.6 Å². The van der Waals surface area contributed by atoms with E-state index in [1.807, 2.05) is 0 Å². The maximum Gasteiger partial charge on any atom is 0.159 e. The third kappa shape index (κ3) is 4.04. The highest BCUT2D eigenvalue weighted by Crippen LogP contribution is 2.16. The molecule has 1 N–H and O–H groups in total. The minimum absolute atomic E-state index is 0.388. The van der Waals surface area contributed by atoms with Crippen molar-refractivity contribution in [3.8, 4) is 0 Å². The van der Waals surface area contributed by atoms with Gasteiger partial charge in [0.1, 0.15) is 10.0 Å². The Kier molecular flexibility index (Phi) is 4.55. The number of hydrogen-bond donors (Lipinski definition) is 1. The quantitative estimate of drug-likeness (QED) is 0.917. The topological polar surface area (TPSA) is 37.8 Å². The van der Waals surface area contributed by atoms with Gasteiger partial charge in [-0.1, -0.05) is 31.3 Å². The van der Waals surface area contributed by atoms with Crippen molar-refractivity contribution in [2.45, 2.75) is 32.9 Å². The summed E-state index contributed by atoms with van der Waals surface area (Å²) in [6.45, 7) is 4.79. The summed E-state index contributed by atoms with van der Waals surface area (Å²) in [7, 11) is 0. The fraction of sp³-hybridized carbons (Fsp3) is 0.385. The van der Waals surface area contributed by atoms with Crippen molar-refractivity contribution in [3.63, 3.8) is 0 Å². The summed E-state index contributed by atoms with van der Waals surface area (Å²) in [5.74, 6) is -1.66. The molecule has 0 radical (unpaired) electrons. The molecule has 1 aromatic carbocycles. The Morgan fingerprint density at radius 3 is 2.58 bits per heavy atom. The third-order valence-electron chi connectivity index (χ3n) is 2.51. The van der Waals surface area contributed by atoms with Gasteiger partial charge in [-0.3, -0.25) is 0 Å². The van der Waals surface area contributed by atoms with Crippen molar-refractivity contribution in [2.24, 2.45) is 0 Å². The monoisotopic (exact) mass is 283 g/mol. The zero-order valence-corrected chi connectivity index (χ0v) is 11.6. The van der Waals surface area contributed by atoms with Crippen LogP contribution in [0.25, 0.3) is 0 Å². The van der Waals surface area contributed by atoms with Crippen molar-refractivity contribution < 1.29 is 8.78 Å². The van der Waals surface area contributed by atoms with Gasteiger partial charge in [-0.15, -0.1) is 10.2 Å². The van der Waals surface area contributed by atoms with Crippen LogP contribution in [-0.4, -0.2) is 16.2 Å². The SMILES string of the molecule is CC(C)NCc1nnc(Cc2ccc(F)c(F)c2)s1. The standard InChI is InChI=1S/C13H15F2N3S/c1-8(2)16-7-13-18-17-12(19-13)6-9-3-4-10(14)11(15)5-9/h3-5,8,16H,6-7H2,1-2H3. The molecule has 0 fully saturated rings. The Labute approximate surface area is 114 Å². The Morgan fingerprint density at radius 2 is 1.89 bits per heavy atom. The summed E-state index contributed by atoms with van der Waals surface area (Å²) in [5, 5.41) is 13.1. The molecule has 0 saturated carbocycles. The van der Waals surface area contributed by atoms with Gasteiger partial charge in [-0.2, -0.15) is 0 Å². The summed E-state index contributed by atoms with van der Waals surface area (Å²) in [6.07, 6.45) is 0.469. The molecule has 0 aliphatic carbocycles. The van der Waals surface area contributed by atoms with E-state index in [9.17, 15) is 8.78 Å². The predicted octanol–water partition coefficient (Wildman–Crippen LogP) is 2.91. The minimum Gasteiger partial charge on any atom is -0.308 e.